The molecular formula is C7H10F3N3O. The van der Waals surface area contributed by atoms with Crippen molar-refractivity contribution in [1.29, 1.82) is 0 Å². The fourth-order valence-corrected chi connectivity index (χ4v) is 1.50. The molecule has 0 saturated carbocycles. The molecule has 1 aliphatic heterocycles. The first-order chi connectivity index (χ1) is 6.55. The van der Waals surface area contributed by atoms with Crippen molar-refractivity contribution < 1.29 is 17.9 Å². The Labute approximate surface area is 78.7 Å². The highest BCUT2D eigenvalue weighted by Crippen LogP contribution is 2.32. The Kier molecular flexibility index (Phi) is 3.60. The number of halogens is 3. The first-order valence-electron chi connectivity index (χ1n) is 4.24. The molecule has 0 aromatic carbocycles. The molecule has 0 amide bonds. The summed E-state index contributed by atoms with van der Waals surface area (Å²) < 4.78 is 42.0. The lowest BCUT2D eigenvalue weighted by molar-refractivity contribution is -0.167. The van der Waals surface area contributed by atoms with Crippen molar-refractivity contribution in [3.63, 3.8) is 0 Å². The van der Waals surface area contributed by atoms with E-state index in [1.165, 1.54) is 0 Å². The van der Waals surface area contributed by atoms with Crippen molar-refractivity contribution in [2.24, 2.45) is 11.0 Å². The Hall–Kier alpha value is -0.940. The fraction of sp³-hybridized carbons (Fsp3) is 1.00. The normalized spacial score (nSPS) is 25.2. The zero-order valence-electron chi connectivity index (χ0n) is 7.37. The van der Waals surface area contributed by atoms with Gasteiger partial charge in [-0.2, -0.15) is 13.2 Å². The van der Waals surface area contributed by atoms with Gasteiger partial charge in [-0.05, 0) is 24.3 Å². The van der Waals surface area contributed by atoms with Crippen LogP contribution in [0.25, 0.3) is 10.4 Å². The third-order valence-corrected chi connectivity index (χ3v) is 2.15. The summed E-state index contributed by atoms with van der Waals surface area (Å²) in [5, 5.41) is 2.79. The molecule has 14 heavy (non-hydrogen) atoms. The SMILES string of the molecule is [N-]=[N+]=NC(C1CCCOC1)C(F)(F)F. The van der Waals surface area contributed by atoms with Gasteiger partial charge in [-0.25, -0.2) is 0 Å². The van der Waals surface area contributed by atoms with Crippen LogP contribution >= 0.6 is 0 Å². The molecule has 0 aromatic rings. The molecule has 1 heterocycles. The summed E-state index contributed by atoms with van der Waals surface area (Å²) in [5.74, 6) is -0.736. The number of nitrogens with zero attached hydrogens (tertiary/aromatic N) is 3. The third-order valence-electron chi connectivity index (χ3n) is 2.15. The summed E-state index contributed by atoms with van der Waals surface area (Å²) in [4.78, 5) is 2.23. The summed E-state index contributed by atoms with van der Waals surface area (Å²) in [5.41, 5.74) is 8.05. The Balaban J connectivity index is 2.70. The lowest BCUT2D eigenvalue weighted by Gasteiger charge is -2.28. The van der Waals surface area contributed by atoms with Gasteiger partial charge in [0.25, 0.3) is 0 Å². The van der Waals surface area contributed by atoms with Gasteiger partial charge in [0.15, 0.2) is 0 Å². The molecule has 80 valence electrons. The van der Waals surface area contributed by atoms with Crippen molar-refractivity contribution in [1.82, 2.24) is 0 Å². The molecule has 0 radical (unpaired) electrons. The molecule has 1 rings (SSSR count). The highest BCUT2D eigenvalue weighted by molar-refractivity contribution is 4.84. The Bertz CT molecular complexity index is 231. The van der Waals surface area contributed by atoms with E-state index >= 15 is 0 Å². The number of azide groups is 1. The number of ether oxygens (including phenoxy) is 1. The number of rotatable bonds is 2. The van der Waals surface area contributed by atoms with E-state index < -0.39 is 18.1 Å². The van der Waals surface area contributed by atoms with Crippen LogP contribution < -0.4 is 0 Å². The molecule has 0 N–H and O–H groups in total. The van der Waals surface area contributed by atoms with Crippen LogP contribution in [0.2, 0.25) is 0 Å². The number of hydrogen-bond acceptors (Lipinski definition) is 2. The molecule has 0 aromatic heterocycles. The van der Waals surface area contributed by atoms with Crippen LogP contribution in [0.5, 0.6) is 0 Å². The van der Waals surface area contributed by atoms with Crippen LogP contribution in [0.3, 0.4) is 0 Å². The lowest BCUT2D eigenvalue weighted by Crippen LogP contribution is -2.38. The van der Waals surface area contributed by atoms with E-state index in [4.69, 9.17) is 10.3 Å². The molecule has 1 fully saturated rings. The molecule has 2 unspecified atom stereocenters. The van der Waals surface area contributed by atoms with Gasteiger partial charge in [0.05, 0.1) is 6.61 Å². The Morgan fingerprint density at radius 1 is 1.50 bits per heavy atom. The Morgan fingerprint density at radius 3 is 2.64 bits per heavy atom. The van der Waals surface area contributed by atoms with E-state index in [1.54, 1.807) is 0 Å². The van der Waals surface area contributed by atoms with Crippen LogP contribution in [0.15, 0.2) is 5.11 Å². The van der Waals surface area contributed by atoms with Crippen LogP contribution in [-0.2, 0) is 4.74 Å². The lowest BCUT2D eigenvalue weighted by atomic mass is 9.94. The van der Waals surface area contributed by atoms with Gasteiger partial charge in [-0.15, -0.1) is 0 Å². The van der Waals surface area contributed by atoms with Crippen molar-refractivity contribution in [3.8, 4) is 0 Å². The van der Waals surface area contributed by atoms with Crippen LogP contribution in [0, 0.1) is 5.92 Å². The van der Waals surface area contributed by atoms with E-state index in [1.807, 2.05) is 0 Å². The average Bonchev–Trinajstić information content (AvgIpc) is 2.14. The predicted octanol–water partition coefficient (Wildman–Crippen LogP) is 2.65. The van der Waals surface area contributed by atoms with Gasteiger partial charge in [-0.3, -0.25) is 0 Å². The van der Waals surface area contributed by atoms with Crippen molar-refractivity contribution >= 4 is 0 Å². The van der Waals surface area contributed by atoms with Crippen LogP contribution in [-0.4, -0.2) is 25.4 Å². The summed E-state index contributed by atoms with van der Waals surface area (Å²) in [6.45, 7) is 0.501. The second kappa shape index (κ2) is 4.52. The third kappa shape index (κ3) is 2.78. The quantitative estimate of drug-likeness (QED) is 0.391. The van der Waals surface area contributed by atoms with Gasteiger partial charge in [0, 0.05) is 11.5 Å². The standard InChI is InChI=1S/C7H10F3N3O/c8-7(9,10)6(12-13-11)5-2-1-3-14-4-5/h5-6H,1-4H2. The monoisotopic (exact) mass is 209 g/mol. The zero-order valence-corrected chi connectivity index (χ0v) is 7.37. The fourth-order valence-electron chi connectivity index (χ4n) is 1.50. The topological polar surface area (TPSA) is 58.0 Å². The largest absolute Gasteiger partial charge is 0.397 e. The maximum Gasteiger partial charge on any atom is 0.397 e. The number of alkyl halides is 3. The highest BCUT2D eigenvalue weighted by atomic mass is 19.4. The molecule has 1 aliphatic rings. The highest BCUT2D eigenvalue weighted by Gasteiger charge is 2.44. The minimum atomic E-state index is -4.47. The van der Waals surface area contributed by atoms with Crippen molar-refractivity contribution in [2.45, 2.75) is 25.1 Å². The second-order valence-corrected chi connectivity index (χ2v) is 3.17. The predicted molar refractivity (Wildman–Crippen MR) is 42.5 cm³/mol. The maximum absolute atomic E-state index is 12.4. The molecule has 2 atom stereocenters. The van der Waals surface area contributed by atoms with Crippen molar-refractivity contribution in [2.75, 3.05) is 13.2 Å². The Morgan fingerprint density at radius 2 is 2.21 bits per heavy atom. The second-order valence-electron chi connectivity index (χ2n) is 3.17. The van der Waals surface area contributed by atoms with Gasteiger partial charge in [-0.1, -0.05) is 5.11 Å². The van der Waals surface area contributed by atoms with Crippen LogP contribution in [0.4, 0.5) is 13.2 Å². The van der Waals surface area contributed by atoms with E-state index in [-0.39, 0.29) is 6.61 Å². The molecular weight excluding hydrogens is 199 g/mol. The average molecular weight is 209 g/mol. The minimum absolute atomic E-state index is 0.0171. The zero-order chi connectivity index (χ0) is 10.6. The van der Waals surface area contributed by atoms with E-state index in [2.05, 4.69) is 10.0 Å². The smallest absolute Gasteiger partial charge is 0.381 e. The number of hydrogen-bond donors (Lipinski definition) is 0. The van der Waals surface area contributed by atoms with Gasteiger partial charge >= 0.3 is 6.18 Å². The molecule has 0 aliphatic carbocycles. The maximum atomic E-state index is 12.4. The van der Waals surface area contributed by atoms with E-state index in [9.17, 15) is 13.2 Å². The van der Waals surface area contributed by atoms with Gasteiger partial charge in [0.1, 0.15) is 6.04 Å². The van der Waals surface area contributed by atoms with Crippen LogP contribution in [0.1, 0.15) is 12.8 Å². The van der Waals surface area contributed by atoms with Crippen molar-refractivity contribution in [3.05, 3.63) is 10.4 Å². The van der Waals surface area contributed by atoms with E-state index in [0.717, 1.165) is 0 Å². The molecule has 1 saturated heterocycles. The summed E-state index contributed by atoms with van der Waals surface area (Å²) >= 11 is 0. The molecule has 0 spiro atoms. The molecule has 7 heteroatoms. The first kappa shape index (κ1) is 11.1. The first-order valence-corrected chi connectivity index (χ1v) is 4.24. The summed E-state index contributed by atoms with van der Waals surface area (Å²) in [6, 6.07) is -1.95. The summed E-state index contributed by atoms with van der Waals surface area (Å²) in [7, 11) is 0. The molecule has 0 bridgehead atoms. The van der Waals surface area contributed by atoms with Gasteiger partial charge < -0.3 is 4.74 Å². The van der Waals surface area contributed by atoms with Gasteiger partial charge in [0.2, 0.25) is 0 Å². The van der Waals surface area contributed by atoms with E-state index in [0.29, 0.717) is 19.4 Å². The summed E-state index contributed by atoms with van der Waals surface area (Å²) in [6.07, 6.45) is -3.50. The molecule has 4 nitrogen and oxygen atoms in total. The minimum Gasteiger partial charge on any atom is -0.381 e.